The molecule has 0 aromatic heterocycles. The van der Waals surface area contributed by atoms with Crippen LogP contribution >= 0.6 is 0 Å². The summed E-state index contributed by atoms with van der Waals surface area (Å²) >= 11 is 0. The highest BCUT2D eigenvalue weighted by atomic mass is 16.2. The van der Waals surface area contributed by atoms with Gasteiger partial charge in [-0.15, -0.1) is 0 Å². The number of amides is 1. The normalized spacial score (nSPS) is 26.6. The standard InChI is InChI=1S/C14H27N3O/c1-12(2)11-16-7-9-17(10-8-16)14(18)13-5-3-4-6-15-13/h12-13,15H,3-11H2,1-2H3. The fourth-order valence-corrected chi connectivity index (χ4v) is 2.95. The van der Waals surface area contributed by atoms with Gasteiger partial charge in [0.25, 0.3) is 0 Å². The van der Waals surface area contributed by atoms with Gasteiger partial charge in [0, 0.05) is 32.7 Å². The van der Waals surface area contributed by atoms with Gasteiger partial charge in [-0.25, -0.2) is 0 Å². The maximum absolute atomic E-state index is 12.3. The number of piperazine rings is 1. The van der Waals surface area contributed by atoms with Crippen molar-refractivity contribution in [1.82, 2.24) is 15.1 Å². The van der Waals surface area contributed by atoms with Gasteiger partial charge in [0.05, 0.1) is 6.04 Å². The lowest BCUT2D eigenvalue weighted by Crippen LogP contribution is -2.55. The summed E-state index contributed by atoms with van der Waals surface area (Å²) in [5.41, 5.74) is 0. The number of piperidine rings is 1. The first-order valence-corrected chi connectivity index (χ1v) is 7.41. The number of nitrogens with zero attached hydrogens (tertiary/aromatic N) is 2. The molecule has 1 unspecified atom stereocenters. The van der Waals surface area contributed by atoms with Gasteiger partial charge >= 0.3 is 0 Å². The maximum Gasteiger partial charge on any atom is 0.239 e. The van der Waals surface area contributed by atoms with E-state index in [4.69, 9.17) is 0 Å². The lowest BCUT2D eigenvalue weighted by atomic mass is 10.0. The molecule has 2 fully saturated rings. The van der Waals surface area contributed by atoms with Crippen LogP contribution in [0, 0.1) is 5.92 Å². The molecular formula is C14H27N3O. The lowest BCUT2D eigenvalue weighted by Gasteiger charge is -2.37. The fourth-order valence-electron chi connectivity index (χ4n) is 2.95. The Labute approximate surface area is 111 Å². The Kier molecular flexibility index (Phi) is 5.01. The monoisotopic (exact) mass is 253 g/mol. The average Bonchev–Trinajstić information content (AvgIpc) is 2.39. The second kappa shape index (κ2) is 6.53. The molecule has 0 bridgehead atoms. The third kappa shape index (κ3) is 3.69. The van der Waals surface area contributed by atoms with Gasteiger partial charge in [-0.1, -0.05) is 20.3 Å². The molecule has 2 heterocycles. The molecule has 0 aromatic rings. The Morgan fingerprint density at radius 2 is 1.94 bits per heavy atom. The first-order valence-electron chi connectivity index (χ1n) is 7.41. The van der Waals surface area contributed by atoms with Crippen molar-refractivity contribution in [2.75, 3.05) is 39.3 Å². The third-order valence-electron chi connectivity index (χ3n) is 3.92. The SMILES string of the molecule is CC(C)CN1CCN(C(=O)C2CCCCN2)CC1. The van der Waals surface area contributed by atoms with E-state index in [1.165, 1.54) is 12.8 Å². The van der Waals surface area contributed by atoms with Crippen LogP contribution < -0.4 is 5.32 Å². The van der Waals surface area contributed by atoms with Crippen molar-refractivity contribution in [3.8, 4) is 0 Å². The minimum absolute atomic E-state index is 0.0930. The summed E-state index contributed by atoms with van der Waals surface area (Å²) in [5, 5.41) is 3.35. The van der Waals surface area contributed by atoms with Crippen molar-refractivity contribution in [3.05, 3.63) is 0 Å². The minimum Gasteiger partial charge on any atom is -0.339 e. The zero-order valence-corrected chi connectivity index (χ0v) is 11.8. The van der Waals surface area contributed by atoms with Gasteiger partial charge in [-0.2, -0.15) is 0 Å². The molecule has 1 atom stereocenters. The highest BCUT2D eigenvalue weighted by Gasteiger charge is 2.28. The third-order valence-corrected chi connectivity index (χ3v) is 3.92. The quantitative estimate of drug-likeness (QED) is 0.813. The molecule has 0 saturated carbocycles. The van der Waals surface area contributed by atoms with Crippen LogP contribution in [0.25, 0.3) is 0 Å². The van der Waals surface area contributed by atoms with Gasteiger partial charge in [0.15, 0.2) is 0 Å². The van der Waals surface area contributed by atoms with E-state index in [0.29, 0.717) is 11.8 Å². The van der Waals surface area contributed by atoms with Crippen LogP contribution in [0.3, 0.4) is 0 Å². The Bertz CT molecular complexity index is 266. The summed E-state index contributed by atoms with van der Waals surface area (Å²) in [6.07, 6.45) is 3.42. The van der Waals surface area contributed by atoms with Crippen molar-refractivity contribution in [3.63, 3.8) is 0 Å². The van der Waals surface area contributed by atoms with Crippen molar-refractivity contribution >= 4 is 5.91 Å². The molecular weight excluding hydrogens is 226 g/mol. The summed E-state index contributed by atoms with van der Waals surface area (Å²) < 4.78 is 0. The van der Waals surface area contributed by atoms with Gasteiger partial charge in [-0.05, 0) is 25.3 Å². The van der Waals surface area contributed by atoms with Crippen LogP contribution in [0.5, 0.6) is 0 Å². The largest absolute Gasteiger partial charge is 0.339 e. The number of carbonyl (C=O) groups is 1. The van der Waals surface area contributed by atoms with Crippen LogP contribution in [0.15, 0.2) is 0 Å². The first kappa shape index (κ1) is 13.8. The summed E-state index contributed by atoms with van der Waals surface area (Å²) in [5.74, 6) is 1.05. The van der Waals surface area contributed by atoms with Crippen LogP contribution in [0.1, 0.15) is 33.1 Å². The number of nitrogens with one attached hydrogen (secondary N) is 1. The van der Waals surface area contributed by atoms with E-state index in [-0.39, 0.29) is 6.04 Å². The molecule has 4 nitrogen and oxygen atoms in total. The fraction of sp³-hybridized carbons (Fsp3) is 0.929. The van der Waals surface area contributed by atoms with E-state index < -0.39 is 0 Å². The van der Waals surface area contributed by atoms with Crippen molar-refractivity contribution in [2.24, 2.45) is 5.92 Å². The van der Waals surface area contributed by atoms with Gasteiger partial charge in [-0.3, -0.25) is 9.69 Å². The van der Waals surface area contributed by atoms with Crippen molar-refractivity contribution in [1.29, 1.82) is 0 Å². The molecule has 2 aliphatic rings. The summed E-state index contributed by atoms with van der Waals surface area (Å²) in [7, 11) is 0. The van der Waals surface area contributed by atoms with Crippen molar-refractivity contribution in [2.45, 2.75) is 39.2 Å². The average molecular weight is 253 g/mol. The van der Waals surface area contributed by atoms with E-state index in [2.05, 4.69) is 29.0 Å². The molecule has 0 aromatic carbocycles. The molecule has 4 heteroatoms. The van der Waals surface area contributed by atoms with Gasteiger partial charge in [0.2, 0.25) is 5.91 Å². The Morgan fingerprint density at radius 1 is 1.22 bits per heavy atom. The lowest BCUT2D eigenvalue weighted by molar-refractivity contribution is -0.135. The molecule has 104 valence electrons. The number of hydrogen-bond donors (Lipinski definition) is 1. The minimum atomic E-state index is 0.0930. The van der Waals surface area contributed by atoms with E-state index >= 15 is 0 Å². The Balaban J connectivity index is 1.76. The maximum atomic E-state index is 12.3. The molecule has 2 saturated heterocycles. The topological polar surface area (TPSA) is 35.6 Å². The molecule has 0 radical (unpaired) electrons. The molecule has 2 aliphatic heterocycles. The molecule has 0 spiro atoms. The highest BCUT2D eigenvalue weighted by molar-refractivity contribution is 5.82. The van der Waals surface area contributed by atoms with E-state index in [9.17, 15) is 4.79 Å². The number of carbonyl (C=O) groups excluding carboxylic acids is 1. The second-order valence-corrected chi connectivity index (χ2v) is 6.02. The molecule has 1 N–H and O–H groups in total. The smallest absolute Gasteiger partial charge is 0.239 e. The summed E-state index contributed by atoms with van der Waals surface area (Å²) in [6, 6.07) is 0.0930. The van der Waals surface area contributed by atoms with E-state index in [1.54, 1.807) is 0 Å². The molecule has 18 heavy (non-hydrogen) atoms. The molecule has 2 rings (SSSR count). The Hall–Kier alpha value is -0.610. The second-order valence-electron chi connectivity index (χ2n) is 6.02. The van der Waals surface area contributed by atoms with Crippen molar-refractivity contribution < 1.29 is 4.79 Å². The van der Waals surface area contributed by atoms with Gasteiger partial charge in [0.1, 0.15) is 0 Å². The van der Waals surface area contributed by atoms with Gasteiger partial charge < -0.3 is 10.2 Å². The highest BCUT2D eigenvalue weighted by Crippen LogP contribution is 2.12. The predicted molar refractivity (Wildman–Crippen MR) is 73.5 cm³/mol. The predicted octanol–water partition coefficient (Wildman–Crippen LogP) is 0.929. The van der Waals surface area contributed by atoms with E-state index in [1.807, 2.05) is 0 Å². The summed E-state index contributed by atoms with van der Waals surface area (Å²) in [6.45, 7) is 10.6. The van der Waals surface area contributed by atoms with Crippen LogP contribution in [-0.2, 0) is 4.79 Å². The zero-order valence-electron chi connectivity index (χ0n) is 11.8. The Morgan fingerprint density at radius 3 is 2.50 bits per heavy atom. The van der Waals surface area contributed by atoms with Crippen LogP contribution in [0.2, 0.25) is 0 Å². The molecule has 1 amide bonds. The van der Waals surface area contributed by atoms with Crippen LogP contribution in [-0.4, -0.2) is 61.0 Å². The summed E-state index contributed by atoms with van der Waals surface area (Å²) in [4.78, 5) is 16.9. The zero-order chi connectivity index (χ0) is 13.0. The number of hydrogen-bond acceptors (Lipinski definition) is 3. The van der Waals surface area contributed by atoms with Crippen LogP contribution in [0.4, 0.5) is 0 Å². The first-order chi connectivity index (χ1) is 8.66. The molecule has 0 aliphatic carbocycles. The van der Waals surface area contributed by atoms with E-state index in [0.717, 1.165) is 45.7 Å². The number of rotatable bonds is 3.